The van der Waals surface area contributed by atoms with E-state index in [-0.39, 0.29) is 0 Å². The van der Waals surface area contributed by atoms with Crippen LogP contribution >= 0.6 is 34.8 Å². The molecule has 3 aromatic rings. The van der Waals surface area contributed by atoms with E-state index >= 15 is 0 Å². The van der Waals surface area contributed by atoms with Crippen molar-refractivity contribution in [1.29, 1.82) is 0 Å². The maximum absolute atomic E-state index is 6.12. The molecule has 0 nitrogen and oxygen atoms in total. The molecule has 0 heterocycles. The van der Waals surface area contributed by atoms with Crippen LogP contribution in [0.25, 0.3) is 21.5 Å². The van der Waals surface area contributed by atoms with Gasteiger partial charge in [0.05, 0.1) is 10.0 Å². The molecule has 0 atom stereocenters. The summed E-state index contributed by atoms with van der Waals surface area (Å²) in [6.45, 7) is 0. The minimum atomic E-state index is 0.499. The van der Waals surface area contributed by atoms with Gasteiger partial charge in [0.2, 0.25) is 0 Å². The fraction of sp³-hybridized carbons (Fsp3) is 0. The molecular weight excluding hydrogens is 275 g/mol. The lowest BCUT2D eigenvalue weighted by Gasteiger charge is -2.06. The van der Waals surface area contributed by atoms with Gasteiger partial charge < -0.3 is 0 Å². The Morgan fingerprint density at radius 1 is 0.824 bits per heavy atom. The van der Waals surface area contributed by atoms with Crippen LogP contribution in [0.1, 0.15) is 0 Å². The molecule has 2 radical (unpaired) electrons. The van der Waals surface area contributed by atoms with Gasteiger partial charge in [-0.1, -0.05) is 46.9 Å². The van der Waals surface area contributed by atoms with E-state index in [0.717, 1.165) is 21.5 Å². The van der Waals surface area contributed by atoms with Crippen molar-refractivity contribution >= 4 is 56.3 Å². The summed E-state index contributed by atoms with van der Waals surface area (Å²) in [6, 6.07) is 15.4. The van der Waals surface area contributed by atoms with Crippen LogP contribution in [0.4, 0.5) is 0 Å². The highest BCUT2D eigenvalue weighted by Crippen LogP contribution is 2.33. The van der Waals surface area contributed by atoms with Gasteiger partial charge in [0.1, 0.15) is 0 Å². The first-order chi connectivity index (χ1) is 8.15. The van der Waals surface area contributed by atoms with Gasteiger partial charge >= 0.3 is 0 Å². The lowest BCUT2D eigenvalue weighted by molar-refractivity contribution is 1.74. The molecule has 3 rings (SSSR count). The minimum Gasteiger partial charge on any atom is -0.0836 e. The first-order valence-electron chi connectivity index (χ1n) is 4.96. The summed E-state index contributed by atoms with van der Waals surface area (Å²) >= 11 is 18.1. The second kappa shape index (κ2) is 4.06. The Hall–Kier alpha value is -0.950. The molecule has 3 aromatic carbocycles. The number of hydrogen-bond donors (Lipinski definition) is 0. The van der Waals surface area contributed by atoms with Crippen molar-refractivity contribution < 1.29 is 0 Å². The molecule has 0 spiro atoms. The van der Waals surface area contributed by atoms with Crippen molar-refractivity contribution in [3.8, 4) is 0 Å². The standard InChI is InChI=1S/C14H5Cl3/c15-9-3-1-8-2-4-11-13(12(8)5-9)6-10(16)7-14(11)17/h1-2,4-6H. The van der Waals surface area contributed by atoms with Gasteiger partial charge in [0.25, 0.3) is 0 Å². The predicted octanol–water partition coefficient (Wildman–Crippen LogP) is 5.55. The first kappa shape index (κ1) is 11.2. The molecule has 0 aliphatic rings. The fourth-order valence-electron chi connectivity index (χ4n) is 1.94. The van der Waals surface area contributed by atoms with Crippen LogP contribution in [0.3, 0.4) is 0 Å². The molecule has 0 saturated heterocycles. The molecule has 0 aliphatic carbocycles. The lowest BCUT2D eigenvalue weighted by atomic mass is 10.0. The summed E-state index contributed by atoms with van der Waals surface area (Å²) < 4.78 is 0. The Kier molecular flexibility index (Phi) is 2.67. The molecule has 0 N–H and O–H groups in total. The zero-order valence-corrected chi connectivity index (χ0v) is 10.8. The average molecular weight is 280 g/mol. The van der Waals surface area contributed by atoms with Crippen LogP contribution in [-0.2, 0) is 0 Å². The van der Waals surface area contributed by atoms with E-state index in [9.17, 15) is 0 Å². The third-order valence-corrected chi connectivity index (χ3v) is 3.41. The summed E-state index contributed by atoms with van der Waals surface area (Å²) in [5.41, 5.74) is 0. The largest absolute Gasteiger partial charge is 0.0836 e. The van der Waals surface area contributed by atoms with Crippen LogP contribution < -0.4 is 0 Å². The molecule has 0 unspecified atom stereocenters. The smallest absolute Gasteiger partial charge is 0.0579 e. The molecule has 0 aliphatic heterocycles. The second-order valence-corrected chi connectivity index (χ2v) is 4.93. The molecule has 82 valence electrons. The van der Waals surface area contributed by atoms with Crippen LogP contribution in [0, 0.1) is 12.1 Å². The van der Waals surface area contributed by atoms with E-state index in [1.54, 1.807) is 0 Å². The van der Waals surface area contributed by atoms with E-state index in [1.165, 1.54) is 0 Å². The van der Waals surface area contributed by atoms with Crippen molar-refractivity contribution in [1.82, 2.24) is 0 Å². The van der Waals surface area contributed by atoms with Crippen LogP contribution in [0.5, 0.6) is 0 Å². The lowest BCUT2D eigenvalue weighted by Crippen LogP contribution is -1.80. The molecule has 0 amide bonds. The van der Waals surface area contributed by atoms with Crippen molar-refractivity contribution in [3.63, 3.8) is 0 Å². The van der Waals surface area contributed by atoms with Crippen LogP contribution in [0.15, 0.2) is 30.3 Å². The zero-order chi connectivity index (χ0) is 12.0. The average Bonchev–Trinajstić information content (AvgIpc) is 2.28. The summed E-state index contributed by atoms with van der Waals surface area (Å²) in [5, 5.41) is 5.57. The van der Waals surface area contributed by atoms with Gasteiger partial charge in [0.15, 0.2) is 0 Å². The van der Waals surface area contributed by atoms with E-state index in [1.807, 2.05) is 30.3 Å². The van der Waals surface area contributed by atoms with Crippen LogP contribution in [-0.4, -0.2) is 0 Å². The normalized spacial score (nSPS) is 11.2. The topological polar surface area (TPSA) is 0 Å². The number of rotatable bonds is 0. The van der Waals surface area contributed by atoms with Gasteiger partial charge in [-0.25, -0.2) is 0 Å². The van der Waals surface area contributed by atoms with E-state index in [2.05, 4.69) is 12.1 Å². The maximum atomic E-state index is 6.12. The van der Waals surface area contributed by atoms with Crippen LogP contribution in [0.2, 0.25) is 15.1 Å². The van der Waals surface area contributed by atoms with E-state index in [0.29, 0.717) is 15.1 Å². The molecule has 0 bridgehead atoms. The summed E-state index contributed by atoms with van der Waals surface area (Å²) in [7, 11) is 0. The number of fused-ring (bicyclic) bond motifs is 3. The van der Waals surface area contributed by atoms with Gasteiger partial charge in [-0.05, 0) is 34.4 Å². The summed E-state index contributed by atoms with van der Waals surface area (Å²) in [5.74, 6) is 0. The van der Waals surface area contributed by atoms with Gasteiger partial charge in [-0.15, -0.1) is 0 Å². The Labute approximate surface area is 114 Å². The maximum Gasteiger partial charge on any atom is 0.0579 e. The number of halogens is 3. The Bertz CT molecular complexity index is 732. The Morgan fingerprint density at radius 2 is 1.59 bits per heavy atom. The van der Waals surface area contributed by atoms with E-state index in [4.69, 9.17) is 34.8 Å². The van der Waals surface area contributed by atoms with Crippen molar-refractivity contribution in [2.45, 2.75) is 0 Å². The molecule has 0 fully saturated rings. The highest BCUT2D eigenvalue weighted by molar-refractivity contribution is 6.39. The second-order valence-electron chi connectivity index (χ2n) is 3.74. The van der Waals surface area contributed by atoms with Crippen molar-refractivity contribution in [2.75, 3.05) is 0 Å². The number of benzene rings is 3. The molecule has 0 aromatic heterocycles. The van der Waals surface area contributed by atoms with Crippen molar-refractivity contribution in [3.05, 3.63) is 57.5 Å². The van der Waals surface area contributed by atoms with Gasteiger partial charge in [-0.3, -0.25) is 0 Å². The first-order valence-corrected chi connectivity index (χ1v) is 6.09. The fourth-order valence-corrected chi connectivity index (χ4v) is 2.62. The van der Waals surface area contributed by atoms with Gasteiger partial charge in [0, 0.05) is 22.5 Å². The predicted molar refractivity (Wildman–Crippen MR) is 74.2 cm³/mol. The summed E-state index contributed by atoms with van der Waals surface area (Å²) in [6.07, 6.45) is 0. The highest BCUT2D eigenvalue weighted by atomic mass is 35.5. The van der Waals surface area contributed by atoms with Gasteiger partial charge in [-0.2, -0.15) is 0 Å². The molecule has 17 heavy (non-hydrogen) atoms. The molecule has 3 heteroatoms. The molecular formula is C14H5Cl3. The number of hydrogen-bond acceptors (Lipinski definition) is 0. The van der Waals surface area contributed by atoms with Crippen molar-refractivity contribution in [2.24, 2.45) is 0 Å². The third kappa shape index (κ3) is 1.87. The highest BCUT2D eigenvalue weighted by Gasteiger charge is 2.06. The minimum absolute atomic E-state index is 0.499. The zero-order valence-electron chi connectivity index (χ0n) is 8.52. The molecule has 0 saturated carbocycles. The monoisotopic (exact) mass is 278 g/mol. The summed E-state index contributed by atoms with van der Waals surface area (Å²) in [4.78, 5) is 0. The van der Waals surface area contributed by atoms with E-state index < -0.39 is 0 Å². The Morgan fingerprint density at radius 3 is 2.41 bits per heavy atom. The quantitative estimate of drug-likeness (QED) is 0.473. The SMILES string of the molecule is Clc1[c]cc2ccc3c(Cl)[c]c(Cl)cc3c2c1. The Balaban J connectivity index is 2.58. The third-order valence-electron chi connectivity index (χ3n) is 2.69.